The van der Waals surface area contributed by atoms with Crippen molar-refractivity contribution in [2.75, 3.05) is 6.67 Å². The molecule has 0 aliphatic heterocycles. The second kappa shape index (κ2) is 1.97. The minimum atomic E-state index is -0.986. The molecular formula is C6H9FO2. The first-order valence-corrected chi connectivity index (χ1v) is 3.01. The first kappa shape index (κ1) is 6.52. The molecule has 0 unspecified atom stereocenters. The Balaban J connectivity index is 2.57. The molecule has 0 saturated heterocycles. The lowest BCUT2D eigenvalue weighted by atomic mass is 9.70. The molecule has 2 nitrogen and oxygen atoms in total. The molecule has 1 saturated carbocycles. The van der Waals surface area contributed by atoms with Gasteiger partial charge in [-0.2, -0.15) is 0 Å². The summed E-state index contributed by atoms with van der Waals surface area (Å²) in [7, 11) is 0. The van der Waals surface area contributed by atoms with Crippen LogP contribution in [0.25, 0.3) is 0 Å². The minimum Gasteiger partial charge on any atom is -0.481 e. The molecule has 0 aromatic heterocycles. The Morgan fingerprint density at radius 3 is 2.22 bits per heavy atom. The number of aliphatic carboxylic acids is 1. The monoisotopic (exact) mass is 132 g/mol. The van der Waals surface area contributed by atoms with E-state index in [9.17, 15) is 9.18 Å². The van der Waals surface area contributed by atoms with Gasteiger partial charge in [-0.1, -0.05) is 6.42 Å². The van der Waals surface area contributed by atoms with Crippen LogP contribution in [0, 0.1) is 5.41 Å². The topological polar surface area (TPSA) is 37.3 Å². The fraction of sp³-hybridized carbons (Fsp3) is 0.833. The predicted molar refractivity (Wildman–Crippen MR) is 29.9 cm³/mol. The third-order valence-electron chi connectivity index (χ3n) is 2.02. The van der Waals surface area contributed by atoms with Crippen molar-refractivity contribution < 1.29 is 14.3 Å². The summed E-state index contributed by atoms with van der Waals surface area (Å²) < 4.78 is 12.0. The van der Waals surface area contributed by atoms with Crippen molar-refractivity contribution in [1.29, 1.82) is 0 Å². The number of hydrogen-bond donors (Lipinski definition) is 1. The van der Waals surface area contributed by atoms with Crippen molar-refractivity contribution in [3.05, 3.63) is 0 Å². The Bertz CT molecular complexity index is 124. The Morgan fingerprint density at radius 1 is 1.67 bits per heavy atom. The van der Waals surface area contributed by atoms with Gasteiger partial charge in [0.2, 0.25) is 0 Å². The molecule has 0 atom stereocenters. The lowest BCUT2D eigenvalue weighted by molar-refractivity contribution is -0.155. The van der Waals surface area contributed by atoms with E-state index < -0.39 is 18.1 Å². The van der Waals surface area contributed by atoms with Gasteiger partial charge in [0.05, 0.1) is 5.41 Å². The van der Waals surface area contributed by atoms with Crippen LogP contribution in [-0.2, 0) is 4.79 Å². The highest BCUT2D eigenvalue weighted by Crippen LogP contribution is 2.41. The smallest absolute Gasteiger partial charge is 0.312 e. The van der Waals surface area contributed by atoms with E-state index in [1.807, 2.05) is 0 Å². The van der Waals surface area contributed by atoms with Crippen LogP contribution in [0.5, 0.6) is 0 Å². The standard InChI is InChI=1S/C6H9FO2/c7-4-6(5(8)9)2-1-3-6/h1-4H2,(H,8,9). The average molecular weight is 132 g/mol. The van der Waals surface area contributed by atoms with E-state index >= 15 is 0 Å². The Labute approximate surface area is 52.7 Å². The predicted octanol–water partition coefficient (Wildman–Crippen LogP) is 1.21. The van der Waals surface area contributed by atoms with E-state index in [1.165, 1.54) is 0 Å². The number of carboxylic acid groups (broad SMARTS) is 1. The SMILES string of the molecule is O=C(O)C1(CF)CCC1. The van der Waals surface area contributed by atoms with Gasteiger partial charge >= 0.3 is 5.97 Å². The molecular weight excluding hydrogens is 123 g/mol. The molecule has 9 heavy (non-hydrogen) atoms. The molecule has 0 bridgehead atoms. The second-order valence-corrected chi connectivity index (χ2v) is 2.57. The summed E-state index contributed by atoms with van der Waals surface area (Å²) in [5.74, 6) is -0.976. The van der Waals surface area contributed by atoms with Crippen LogP contribution in [0.3, 0.4) is 0 Å². The molecule has 1 N–H and O–H groups in total. The highest BCUT2D eigenvalue weighted by molar-refractivity contribution is 5.75. The number of halogens is 1. The van der Waals surface area contributed by atoms with Crippen molar-refractivity contribution in [3.8, 4) is 0 Å². The van der Waals surface area contributed by atoms with Gasteiger partial charge in [0.25, 0.3) is 0 Å². The van der Waals surface area contributed by atoms with Crippen LogP contribution < -0.4 is 0 Å². The van der Waals surface area contributed by atoms with E-state index in [0.717, 1.165) is 6.42 Å². The quantitative estimate of drug-likeness (QED) is 0.613. The first-order valence-electron chi connectivity index (χ1n) is 3.01. The summed E-state index contributed by atoms with van der Waals surface area (Å²) in [6.07, 6.45) is 1.88. The zero-order valence-electron chi connectivity index (χ0n) is 5.06. The zero-order valence-corrected chi connectivity index (χ0v) is 5.06. The van der Waals surface area contributed by atoms with Gasteiger partial charge in [-0.15, -0.1) is 0 Å². The largest absolute Gasteiger partial charge is 0.481 e. The van der Waals surface area contributed by atoms with E-state index in [0.29, 0.717) is 12.8 Å². The second-order valence-electron chi connectivity index (χ2n) is 2.57. The van der Waals surface area contributed by atoms with Crippen LogP contribution in [-0.4, -0.2) is 17.8 Å². The normalized spacial score (nSPS) is 22.8. The van der Waals surface area contributed by atoms with Crippen molar-refractivity contribution in [1.82, 2.24) is 0 Å². The maximum Gasteiger partial charge on any atom is 0.312 e. The molecule has 1 rings (SSSR count). The molecule has 1 aliphatic carbocycles. The first-order chi connectivity index (χ1) is 4.21. The Hall–Kier alpha value is -0.600. The van der Waals surface area contributed by atoms with Gasteiger partial charge in [0.15, 0.2) is 0 Å². The fourth-order valence-corrected chi connectivity index (χ4v) is 1.01. The van der Waals surface area contributed by atoms with Crippen molar-refractivity contribution in [2.45, 2.75) is 19.3 Å². The maximum absolute atomic E-state index is 12.0. The van der Waals surface area contributed by atoms with Gasteiger partial charge in [0, 0.05) is 0 Å². The van der Waals surface area contributed by atoms with Gasteiger partial charge in [-0.05, 0) is 12.8 Å². The number of carboxylic acids is 1. The lowest BCUT2D eigenvalue weighted by Crippen LogP contribution is -2.39. The maximum atomic E-state index is 12.0. The molecule has 1 aliphatic rings. The number of carbonyl (C=O) groups is 1. The van der Waals surface area contributed by atoms with E-state index in [4.69, 9.17) is 5.11 Å². The zero-order chi connectivity index (χ0) is 6.91. The van der Waals surface area contributed by atoms with Crippen LogP contribution in [0.2, 0.25) is 0 Å². The number of hydrogen-bond acceptors (Lipinski definition) is 1. The molecule has 0 aromatic carbocycles. The summed E-state index contributed by atoms with van der Waals surface area (Å²) in [5.41, 5.74) is -0.986. The molecule has 0 heterocycles. The average Bonchev–Trinajstić information content (AvgIpc) is 1.62. The Morgan fingerprint density at radius 2 is 2.22 bits per heavy atom. The third-order valence-corrected chi connectivity index (χ3v) is 2.02. The molecule has 0 radical (unpaired) electrons. The van der Waals surface area contributed by atoms with Crippen LogP contribution in [0.1, 0.15) is 19.3 Å². The molecule has 0 amide bonds. The van der Waals surface area contributed by atoms with Crippen molar-refractivity contribution >= 4 is 5.97 Å². The summed E-state index contributed by atoms with van der Waals surface area (Å²) in [6.45, 7) is -0.706. The van der Waals surface area contributed by atoms with Gasteiger partial charge in [0.1, 0.15) is 6.67 Å². The number of alkyl halides is 1. The van der Waals surface area contributed by atoms with Crippen LogP contribution >= 0.6 is 0 Å². The van der Waals surface area contributed by atoms with Crippen molar-refractivity contribution in [2.24, 2.45) is 5.41 Å². The van der Waals surface area contributed by atoms with E-state index in [2.05, 4.69) is 0 Å². The van der Waals surface area contributed by atoms with Gasteiger partial charge in [-0.3, -0.25) is 4.79 Å². The van der Waals surface area contributed by atoms with Gasteiger partial charge < -0.3 is 5.11 Å². The summed E-state index contributed by atoms with van der Waals surface area (Å²) in [5, 5.41) is 8.44. The minimum absolute atomic E-state index is 0.513. The molecule has 3 heteroatoms. The molecule has 1 fully saturated rings. The highest BCUT2D eigenvalue weighted by Gasteiger charge is 2.44. The number of rotatable bonds is 2. The molecule has 0 spiro atoms. The van der Waals surface area contributed by atoms with Gasteiger partial charge in [-0.25, -0.2) is 4.39 Å². The Kier molecular flexibility index (Phi) is 1.43. The summed E-state index contributed by atoms with van der Waals surface area (Å²) >= 11 is 0. The van der Waals surface area contributed by atoms with E-state index in [1.54, 1.807) is 0 Å². The van der Waals surface area contributed by atoms with Crippen molar-refractivity contribution in [3.63, 3.8) is 0 Å². The summed E-state index contributed by atoms with van der Waals surface area (Å²) in [4.78, 5) is 10.3. The lowest BCUT2D eigenvalue weighted by Gasteiger charge is -2.34. The van der Waals surface area contributed by atoms with Crippen LogP contribution in [0.4, 0.5) is 4.39 Å². The summed E-state index contributed by atoms with van der Waals surface area (Å²) in [6, 6.07) is 0. The third kappa shape index (κ3) is 0.802. The van der Waals surface area contributed by atoms with Crippen LogP contribution in [0.15, 0.2) is 0 Å². The van der Waals surface area contributed by atoms with E-state index in [-0.39, 0.29) is 0 Å². The fourth-order valence-electron chi connectivity index (χ4n) is 1.01. The highest BCUT2D eigenvalue weighted by atomic mass is 19.1. The molecule has 0 aromatic rings. The molecule has 52 valence electrons.